The molecule has 1 heterocycles. The summed E-state index contributed by atoms with van der Waals surface area (Å²) in [5.41, 5.74) is 5.51. The lowest BCUT2D eigenvalue weighted by molar-refractivity contribution is -0.124. The molecule has 0 unspecified atom stereocenters. The molecule has 3 N–H and O–H groups in total. The van der Waals surface area contributed by atoms with Crippen molar-refractivity contribution < 1.29 is 18.4 Å². The molecule has 7 heteroatoms. The number of hydrogen-bond acceptors (Lipinski definition) is 3. The Morgan fingerprint density at radius 2 is 2.00 bits per heavy atom. The van der Waals surface area contributed by atoms with Gasteiger partial charge in [-0.15, -0.1) is 0 Å². The van der Waals surface area contributed by atoms with Crippen LogP contribution in [0, 0.1) is 17.6 Å². The molecule has 0 spiro atoms. The summed E-state index contributed by atoms with van der Waals surface area (Å²) >= 11 is 0. The fraction of sp³-hybridized carbons (Fsp3) is 0.500. The summed E-state index contributed by atoms with van der Waals surface area (Å²) in [4.78, 5) is 25.1. The van der Waals surface area contributed by atoms with E-state index in [1.54, 1.807) is 6.92 Å². The van der Waals surface area contributed by atoms with Gasteiger partial charge in [0.2, 0.25) is 11.8 Å². The highest BCUT2D eigenvalue weighted by atomic mass is 19.1. The number of carbonyl (C=O) groups excluding carboxylic acids is 2. The quantitative estimate of drug-likeness (QED) is 0.858. The van der Waals surface area contributed by atoms with Gasteiger partial charge in [0.1, 0.15) is 11.6 Å². The molecule has 1 atom stereocenters. The molecule has 1 aliphatic heterocycles. The lowest BCUT2D eigenvalue weighted by Crippen LogP contribution is -2.44. The van der Waals surface area contributed by atoms with Crippen LogP contribution in [0.15, 0.2) is 18.2 Å². The average molecular weight is 325 g/mol. The van der Waals surface area contributed by atoms with Crippen molar-refractivity contribution >= 4 is 11.8 Å². The second-order valence-electron chi connectivity index (χ2n) is 5.91. The van der Waals surface area contributed by atoms with Crippen LogP contribution < -0.4 is 11.1 Å². The van der Waals surface area contributed by atoms with Gasteiger partial charge in [-0.3, -0.25) is 14.5 Å². The SMILES string of the molecule is C[C@@H](NC(=O)CN1CCC(C(N)=O)CC1)c1ccc(F)cc1F. The first-order valence-corrected chi connectivity index (χ1v) is 7.63. The van der Waals surface area contributed by atoms with Crippen LogP contribution >= 0.6 is 0 Å². The summed E-state index contributed by atoms with van der Waals surface area (Å²) in [5.74, 6) is -1.99. The Balaban J connectivity index is 1.84. The van der Waals surface area contributed by atoms with Gasteiger partial charge in [-0.1, -0.05) is 6.07 Å². The Kier molecular flexibility index (Phi) is 5.65. The lowest BCUT2D eigenvalue weighted by Gasteiger charge is -2.30. The second-order valence-corrected chi connectivity index (χ2v) is 5.91. The van der Waals surface area contributed by atoms with Gasteiger partial charge in [0.05, 0.1) is 12.6 Å². The van der Waals surface area contributed by atoms with Crippen LogP contribution in [0.3, 0.4) is 0 Å². The second kappa shape index (κ2) is 7.50. The fourth-order valence-electron chi connectivity index (χ4n) is 2.80. The normalized spacial score (nSPS) is 17.7. The van der Waals surface area contributed by atoms with E-state index in [9.17, 15) is 18.4 Å². The minimum absolute atomic E-state index is 0.124. The molecule has 0 saturated carbocycles. The average Bonchev–Trinajstić information content (AvgIpc) is 2.47. The molecule has 0 bridgehead atoms. The lowest BCUT2D eigenvalue weighted by atomic mass is 9.96. The van der Waals surface area contributed by atoms with Gasteiger partial charge in [0.25, 0.3) is 0 Å². The Bertz CT molecular complexity index is 587. The van der Waals surface area contributed by atoms with E-state index in [-0.39, 0.29) is 29.8 Å². The zero-order valence-corrected chi connectivity index (χ0v) is 13.0. The molecule has 126 valence electrons. The summed E-state index contributed by atoms with van der Waals surface area (Å²) in [5, 5.41) is 2.70. The number of benzene rings is 1. The standard InChI is InChI=1S/C16H21F2N3O2/c1-10(13-3-2-12(17)8-14(13)18)20-15(22)9-21-6-4-11(5-7-21)16(19)23/h2-3,8,10-11H,4-7,9H2,1H3,(H2,19,23)(H,20,22)/t10-/m1/s1. The van der Waals surface area contributed by atoms with E-state index < -0.39 is 17.7 Å². The number of hydrogen-bond donors (Lipinski definition) is 2. The highest BCUT2D eigenvalue weighted by Gasteiger charge is 2.24. The third kappa shape index (κ3) is 4.72. The van der Waals surface area contributed by atoms with Crippen LogP contribution in [0.2, 0.25) is 0 Å². The van der Waals surface area contributed by atoms with E-state index in [0.717, 1.165) is 12.1 Å². The third-order valence-corrected chi connectivity index (χ3v) is 4.16. The number of nitrogens with one attached hydrogen (secondary N) is 1. The van der Waals surface area contributed by atoms with Gasteiger partial charge >= 0.3 is 0 Å². The molecule has 23 heavy (non-hydrogen) atoms. The highest BCUT2D eigenvalue weighted by Crippen LogP contribution is 2.19. The molecule has 1 aromatic carbocycles. The molecule has 1 aliphatic rings. The van der Waals surface area contributed by atoms with Crippen molar-refractivity contribution in [2.45, 2.75) is 25.8 Å². The molecule has 0 aromatic heterocycles. The van der Waals surface area contributed by atoms with E-state index in [2.05, 4.69) is 5.32 Å². The molecule has 1 aromatic rings. The molecule has 1 fully saturated rings. The Morgan fingerprint density at radius 3 is 2.57 bits per heavy atom. The van der Waals surface area contributed by atoms with Crippen LogP contribution in [0.4, 0.5) is 8.78 Å². The van der Waals surface area contributed by atoms with Gasteiger partial charge in [-0.25, -0.2) is 8.78 Å². The van der Waals surface area contributed by atoms with E-state index in [1.807, 2.05) is 4.90 Å². The number of nitrogens with zero attached hydrogens (tertiary/aromatic N) is 1. The van der Waals surface area contributed by atoms with Gasteiger partial charge in [0.15, 0.2) is 0 Å². The van der Waals surface area contributed by atoms with Crippen molar-refractivity contribution in [1.29, 1.82) is 0 Å². The summed E-state index contributed by atoms with van der Waals surface area (Å²) in [6.07, 6.45) is 1.29. The number of rotatable bonds is 5. The molecule has 0 aliphatic carbocycles. The topological polar surface area (TPSA) is 75.4 Å². The first-order valence-electron chi connectivity index (χ1n) is 7.63. The monoisotopic (exact) mass is 325 g/mol. The zero-order valence-electron chi connectivity index (χ0n) is 13.0. The minimum Gasteiger partial charge on any atom is -0.369 e. The Labute approximate surface area is 133 Å². The summed E-state index contributed by atoms with van der Waals surface area (Å²) in [7, 11) is 0. The summed E-state index contributed by atoms with van der Waals surface area (Å²) < 4.78 is 26.6. The molecule has 5 nitrogen and oxygen atoms in total. The largest absolute Gasteiger partial charge is 0.369 e. The van der Waals surface area contributed by atoms with Crippen LogP contribution in [-0.4, -0.2) is 36.3 Å². The molecular formula is C16H21F2N3O2. The maximum Gasteiger partial charge on any atom is 0.234 e. The zero-order chi connectivity index (χ0) is 17.0. The molecule has 2 rings (SSSR count). The van der Waals surface area contributed by atoms with Crippen molar-refractivity contribution in [2.75, 3.05) is 19.6 Å². The molecular weight excluding hydrogens is 304 g/mol. The third-order valence-electron chi connectivity index (χ3n) is 4.16. The van der Waals surface area contributed by atoms with Crippen molar-refractivity contribution in [3.8, 4) is 0 Å². The highest BCUT2D eigenvalue weighted by molar-refractivity contribution is 5.79. The molecule has 0 radical (unpaired) electrons. The number of likely N-dealkylation sites (tertiary alicyclic amines) is 1. The fourth-order valence-corrected chi connectivity index (χ4v) is 2.80. The van der Waals surface area contributed by atoms with Crippen LogP contribution in [-0.2, 0) is 9.59 Å². The van der Waals surface area contributed by atoms with Crippen molar-refractivity contribution in [3.63, 3.8) is 0 Å². The number of nitrogens with two attached hydrogens (primary N) is 1. The van der Waals surface area contributed by atoms with Crippen molar-refractivity contribution in [2.24, 2.45) is 11.7 Å². The van der Waals surface area contributed by atoms with E-state index in [4.69, 9.17) is 5.73 Å². The summed E-state index contributed by atoms with van der Waals surface area (Å²) in [6.45, 7) is 3.08. The molecule has 2 amide bonds. The number of piperidine rings is 1. The van der Waals surface area contributed by atoms with Crippen molar-refractivity contribution in [3.05, 3.63) is 35.4 Å². The van der Waals surface area contributed by atoms with Gasteiger partial charge < -0.3 is 11.1 Å². The first kappa shape index (κ1) is 17.3. The maximum absolute atomic E-state index is 13.7. The molecule has 1 saturated heterocycles. The summed E-state index contributed by atoms with van der Waals surface area (Å²) in [6, 6.07) is 2.74. The Hall–Kier alpha value is -2.02. The van der Waals surface area contributed by atoms with Crippen LogP contribution in [0.5, 0.6) is 0 Å². The smallest absolute Gasteiger partial charge is 0.234 e. The minimum atomic E-state index is -0.680. The van der Waals surface area contributed by atoms with Gasteiger partial charge in [0, 0.05) is 17.5 Å². The number of primary amides is 1. The predicted molar refractivity (Wildman–Crippen MR) is 81.3 cm³/mol. The first-order chi connectivity index (χ1) is 10.9. The van der Waals surface area contributed by atoms with Crippen LogP contribution in [0.1, 0.15) is 31.4 Å². The van der Waals surface area contributed by atoms with E-state index >= 15 is 0 Å². The number of halogens is 2. The van der Waals surface area contributed by atoms with Crippen LogP contribution in [0.25, 0.3) is 0 Å². The van der Waals surface area contributed by atoms with Gasteiger partial charge in [-0.2, -0.15) is 0 Å². The predicted octanol–water partition coefficient (Wildman–Crippen LogP) is 1.34. The number of carbonyl (C=O) groups is 2. The number of amides is 2. The van der Waals surface area contributed by atoms with E-state index in [0.29, 0.717) is 25.9 Å². The van der Waals surface area contributed by atoms with Crippen molar-refractivity contribution in [1.82, 2.24) is 10.2 Å². The van der Waals surface area contributed by atoms with Gasteiger partial charge in [-0.05, 0) is 38.9 Å². The Morgan fingerprint density at radius 1 is 1.35 bits per heavy atom. The maximum atomic E-state index is 13.7. The van der Waals surface area contributed by atoms with E-state index in [1.165, 1.54) is 6.07 Å².